The first-order chi connectivity index (χ1) is 25.8. The number of rotatable bonds is 30. The van der Waals surface area contributed by atoms with Gasteiger partial charge in [-0.25, -0.2) is 0 Å². The summed E-state index contributed by atoms with van der Waals surface area (Å²) in [4.78, 5) is 0. The summed E-state index contributed by atoms with van der Waals surface area (Å²) < 4.78 is 18.8. The molecule has 0 saturated carbocycles. The zero-order chi connectivity index (χ0) is 40.3. The molecule has 0 bridgehead atoms. The van der Waals surface area contributed by atoms with E-state index in [9.17, 15) is 0 Å². The zero-order valence-corrected chi connectivity index (χ0v) is 37.0. The van der Waals surface area contributed by atoms with Crippen molar-refractivity contribution in [2.75, 3.05) is 19.8 Å². The van der Waals surface area contributed by atoms with Crippen LogP contribution in [0.25, 0.3) is 0 Å². The van der Waals surface area contributed by atoms with E-state index in [2.05, 4.69) is 95.6 Å². The summed E-state index contributed by atoms with van der Waals surface area (Å²) in [6.45, 7) is 33.4. The molecule has 2 rings (SSSR count). The van der Waals surface area contributed by atoms with Crippen molar-refractivity contribution in [2.45, 2.75) is 127 Å². The maximum absolute atomic E-state index is 8.67. The molecule has 2 aromatic rings. The van der Waals surface area contributed by atoms with Crippen molar-refractivity contribution in [1.82, 2.24) is 0 Å². The van der Waals surface area contributed by atoms with Crippen LogP contribution in [0.4, 0.5) is 0 Å². The lowest BCUT2D eigenvalue weighted by Crippen LogP contribution is -2.28. The molecular weight excluding hydrogens is 745 g/mol. The van der Waals surface area contributed by atoms with Crippen molar-refractivity contribution < 1.29 is 29.5 Å². The Labute approximate surface area is 346 Å². The summed E-state index contributed by atoms with van der Waals surface area (Å²) in [5.74, 6) is 2.04. The number of allylic oxidation sites excluding steroid dienone is 6. The Bertz CT molecular complexity index is 1200. The molecule has 0 fully saturated rings. The summed E-state index contributed by atoms with van der Waals surface area (Å²) in [6, 6.07) is 20.2. The second kappa shape index (κ2) is 30.5. The van der Waals surface area contributed by atoms with E-state index in [0.717, 1.165) is 91.0 Å². The monoisotopic (exact) mass is 825 g/mol. The third kappa shape index (κ3) is 24.1. The fourth-order valence-corrected chi connectivity index (χ4v) is 16.1. The lowest BCUT2D eigenvalue weighted by molar-refractivity contribution is 0.279. The number of unbranched alkanes of at least 4 members (excludes halogenated alkanes) is 3. The molecule has 0 atom stereocenters. The first-order valence-electron chi connectivity index (χ1n) is 19.7. The fourth-order valence-electron chi connectivity index (χ4n) is 6.86. The third-order valence-electron chi connectivity index (χ3n) is 9.89. The molecule has 0 aliphatic carbocycles. The number of benzene rings is 2. The van der Waals surface area contributed by atoms with Crippen LogP contribution in [0.15, 0.2) is 112 Å². The van der Waals surface area contributed by atoms with Crippen molar-refractivity contribution in [1.29, 1.82) is 0 Å². The smallest absolute Gasteiger partial charge is 0.126 e. The standard InChI is InChI=1S/C39H66O3Si3.C6H6O3.2CH4/c1-10-25-43(7,26-11-2)31-19-16-22-40-37-34-38(41-23-17-20-32-44(8,27-12-3)28-13-4)36-39(35-37)42-24-18-21-33-45(9,29-14-5)30-15-6;7-4-1-5(8)3-6(9)2-4;;/h10-15,34-36H,1-6,16-33H2,7-9H3;1-3,7-9H;2*1H4. The van der Waals surface area contributed by atoms with Gasteiger partial charge in [0.25, 0.3) is 0 Å². The molecule has 0 aliphatic rings. The predicted molar refractivity (Wildman–Crippen MR) is 255 cm³/mol. The van der Waals surface area contributed by atoms with Crippen LogP contribution in [0.2, 0.25) is 74.0 Å². The van der Waals surface area contributed by atoms with Gasteiger partial charge in [0.2, 0.25) is 0 Å². The maximum atomic E-state index is 8.67. The van der Waals surface area contributed by atoms with Crippen molar-refractivity contribution >= 4 is 24.2 Å². The molecular formula is C47H80O6Si3. The van der Waals surface area contributed by atoms with Crippen molar-refractivity contribution in [3.8, 4) is 34.5 Å². The maximum Gasteiger partial charge on any atom is 0.126 e. The third-order valence-corrected chi connectivity index (χ3v) is 22.2. The van der Waals surface area contributed by atoms with Gasteiger partial charge in [-0.05, 0) is 55.5 Å². The largest absolute Gasteiger partial charge is 0.508 e. The molecule has 316 valence electrons. The molecule has 3 N–H and O–H groups in total. The van der Waals surface area contributed by atoms with Gasteiger partial charge in [0.05, 0.1) is 44.0 Å². The van der Waals surface area contributed by atoms with E-state index in [0.29, 0.717) is 19.8 Å². The number of hydrogen-bond acceptors (Lipinski definition) is 6. The molecule has 56 heavy (non-hydrogen) atoms. The second-order valence-corrected chi connectivity index (χ2v) is 30.5. The molecule has 0 unspecified atom stereocenters. The first kappa shape index (κ1) is 54.4. The molecule has 0 saturated heterocycles. The van der Waals surface area contributed by atoms with E-state index in [4.69, 9.17) is 29.5 Å². The van der Waals surface area contributed by atoms with Crippen LogP contribution in [0.3, 0.4) is 0 Å². The van der Waals surface area contributed by atoms with Crippen LogP contribution >= 0.6 is 0 Å². The normalized spacial score (nSPS) is 11.0. The average Bonchev–Trinajstić information content (AvgIpc) is 3.08. The number of ether oxygens (including phenoxy) is 3. The van der Waals surface area contributed by atoms with E-state index in [-0.39, 0.29) is 32.1 Å². The van der Waals surface area contributed by atoms with Crippen LogP contribution in [-0.4, -0.2) is 59.4 Å². The van der Waals surface area contributed by atoms with Crippen molar-refractivity contribution in [3.05, 3.63) is 112 Å². The van der Waals surface area contributed by atoms with E-state index in [1.165, 1.54) is 37.4 Å². The molecule has 0 amide bonds. The number of aromatic hydroxyl groups is 3. The molecule has 0 heterocycles. The topological polar surface area (TPSA) is 88.4 Å². The number of phenols is 3. The SMILES string of the molecule is C.C.C=CC[Si](C)(CC=C)CCCCOc1cc(OCCCC[Si](C)(CC=C)CC=C)cc(OCCCC[Si](C)(CC=C)CC=C)c1.Oc1cc(O)cc(O)c1. The Morgan fingerprint density at radius 3 is 0.821 bits per heavy atom. The van der Waals surface area contributed by atoms with Crippen LogP contribution in [0, 0.1) is 0 Å². The average molecular weight is 825 g/mol. The minimum atomic E-state index is -1.33. The summed E-state index contributed by atoms with van der Waals surface area (Å²) in [6.07, 6.45) is 19.2. The Balaban J connectivity index is 0. The van der Waals surface area contributed by atoms with Gasteiger partial charge >= 0.3 is 0 Å². The molecule has 9 heteroatoms. The molecule has 0 aliphatic heterocycles. The highest BCUT2D eigenvalue weighted by atomic mass is 28.3. The zero-order valence-electron chi connectivity index (χ0n) is 34.0. The van der Waals surface area contributed by atoms with Crippen LogP contribution in [0.1, 0.15) is 53.4 Å². The second-order valence-electron chi connectivity index (χ2n) is 15.7. The van der Waals surface area contributed by atoms with Gasteiger partial charge < -0.3 is 29.5 Å². The molecule has 2 aromatic carbocycles. The lowest BCUT2D eigenvalue weighted by atomic mass is 10.3. The van der Waals surface area contributed by atoms with Crippen LogP contribution < -0.4 is 14.2 Å². The fraction of sp³-hybridized carbons (Fsp3) is 0.489. The Morgan fingerprint density at radius 2 is 0.625 bits per heavy atom. The molecule has 0 radical (unpaired) electrons. The van der Waals surface area contributed by atoms with Gasteiger partial charge in [-0.3, -0.25) is 0 Å². The highest BCUT2D eigenvalue weighted by Gasteiger charge is 2.25. The van der Waals surface area contributed by atoms with Crippen molar-refractivity contribution in [2.24, 2.45) is 0 Å². The molecule has 0 aromatic heterocycles. The quantitative estimate of drug-likeness (QED) is 0.0413. The minimum Gasteiger partial charge on any atom is -0.508 e. The summed E-state index contributed by atoms with van der Waals surface area (Å²) in [7, 11) is -3.99. The molecule has 6 nitrogen and oxygen atoms in total. The Morgan fingerprint density at radius 1 is 0.411 bits per heavy atom. The van der Waals surface area contributed by atoms with Gasteiger partial charge in [-0.15, -0.1) is 39.5 Å². The summed E-state index contributed by atoms with van der Waals surface area (Å²) in [5.41, 5.74) is 0. The van der Waals surface area contributed by atoms with Crippen LogP contribution in [0.5, 0.6) is 34.5 Å². The predicted octanol–water partition coefficient (Wildman–Crippen LogP) is 14.6. The van der Waals surface area contributed by atoms with E-state index in [1.807, 2.05) is 18.2 Å². The van der Waals surface area contributed by atoms with Gasteiger partial charge in [0, 0.05) is 36.4 Å². The van der Waals surface area contributed by atoms with Gasteiger partial charge in [-0.2, -0.15) is 0 Å². The Hall–Kier alpha value is -3.67. The Kier molecular flexibility index (Phi) is 29.6. The van der Waals surface area contributed by atoms with Gasteiger partial charge in [-0.1, -0.05) is 108 Å². The summed E-state index contributed by atoms with van der Waals surface area (Å²) in [5, 5.41) is 26.0. The number of hydrogen-bond donors (Lipinski definition) is 3. The van der Waals surface area contributed by atoms with E-state index in [1.54, 1.807) is 0 Å². The minimum absolute atomic E-state index is 0. The number of phenolic OH excluding ortho intramolecular Hbond substituents is 3. The highest BCUT2D eigenvalue weighted by molar-refractivity contribution is 6.80. The van der Waals surface area contributed by atoms with Crippen molar-refractivity contribution in [3.63, 3.8) is 0 Å². The van der Waals surface area contributed by atoms with E-state index >= 15 is 0 Å². The summed E-state index contributed by atoms with van der Waals surface area (Å²) >= 11 is 0. The first-order valence-corrected chi connectivity index (χ1v) is 29.1. The van der Waals surface area contributed by atoms with E-state index < -0.39 is 24.2 Å². The van der Waals surface area contributed by atoms with Gasteiger partial charge in [0.1, 0.15) is 34.5 Å². The highest BCUT2D eigenvalue weighted by Crippen LogP contribution is 2.31. The van der Waals surface area contributed by atoms with Gasteiger partial charge in [0.15, 0.2) is 0 Å². The molecule has 0 spiro atoms. The lowest BCUT2D eigenvalue weighted by Gasteiger charge is -2.24. The van der Waals surface area contributed by atoms with Crippen LogP contribution in [-0.2, 0) is 0 Å².